The van der Waals surface area contributed by atoms with Crippen molar-refractivity contribution >= 4 is 5.91 Å². The van der Waals surface area contributed by atoms with Crippen LogP contribution in [0.4, 0.5) is 0 Å². The molecule has 3 heterocycles. The van der Waals surface area contributed by atoms with E-state index in [9.17, 15) is 4.79 Å². The lowest BCUT2D eigenvalue weighted by atomic mass is 10.1. The van der Waals surface area contributed by atoms with Crippen LogP contribution in [0.2, 0.25) is 0 Å². The summed E-state index contributed by atoms with van der Waals surface area (Å²) in [5, 5.41) is 4.35. The van der Waals surface area contributed by atoms with Gasteiger partial charge in [0.05, 0.1) is 36.7 Å². The van der Waals surface area contributed by atoms with Crippen LogP contribution in [0.3, 0.4) is 0 Å². The summed E-state index contributed by atoms with van der Waals surface area (Å²) < 4.78 is 13.1. The Morgan fingerprint density at radius 1 is 1.46 bits per heavy atom. The zero-order valence-electron chi connectivity index (χ0n) is 14.6. The van der Waals surface area contributed by atoms with E-state index in [4.69, 9.17) is 9.15 Å². The Morgan fingerprint density at radius 3 is 3.00 bits per heavy atom. The Hall–Kier alpha value is -2.08. The summed E-state index contributed by atoms with van der Waals surface area (Å²) in [4.78, 5) is 15.0. The van der Waals surface area contributed by atoms with E-state index in [0.29, 0.717) is 37.0 Å². The molecule has 1 aliphatic heterocycles. The number of hydrogen-bond acceptors (Lipinski definition) is 4. The first-order valence-electron chi connectivity index (χ1n) is 8.49. The predicted molar refractivity (Wildman–Crippen MR) is 89.6 cm³/mol. The minimum absolute atomic E-state index is 0.00551. The normalized spacial score (nSPS) is 17.8. The van der Waals surface area contributed by atoms with Crippen molar-refractivity contribution in [2.24, 2.45) is 5.92 Å². The molecule has 130 valence electrons. The van der Waals surface area contributed by atoms with Crippen molar-refractivity contribution in [3.63, 3.8) is 0 Å². The maximum Gasteiger partial charge on any atom is 0.258 e. The number of nitrogens with zero attached hydrogens (tertiary/aromatic N) is 3. The van der Waals surface area contributed by atoms with Gasteiger partial charge in [-0.15, -0.1) is 0 Å². The van der Waals surface area contributed by atoms with E-state index in [2.05, 4.69) is 18.9 Å². The fourth-order valence-electron chi connectivity index (χ4n) is 3.04. The molecule has 24 heavy (non-hydrogen) atoms. The standard InChI is InChI=1S/C18H25N3O3/c1-13(2)11-23-12-16-5-8-21-15(4-7-19-21)10-20(16)18(22)17-6-9-24-14(17)3/h4,6-7,9,13,16H,5,8,10-12H2,1-3H3/t16-/m0/s1. The third-order valence-electron chi connectivity index (χ3n) is 4.36. The number of fused-ring (bicyclic) bond motifs is 1. The van der Waals surface area contributed by atoms with E-state index in [0.717, 1.165) is 18.7 Å². The van der Waals surface area contributed by atoms with Crippen molar-refractivity contribution < 1.29 is 13.9 Å². The molecule has 0 N–H and O–H groups in total. The quantitative estimate of drug-likeness (QED) is 0.845. The number of ether oxygens (including phenoxy) is 1. The third-order valence-corrected chi connectivity index (χ3v) is 4.36. The molecular formula is C18H25N3O3. The molecule has 1 aliphatic rings. The molecule has 3 rings (SSSR count). The van der Waals surface area contributed by atoms with Gasteiger partial charge in [0.15, 0.2) is 0 Å². The lowest BCUT2D eigenvalue weighted by molar-refractivity contribution is 0.0331. The Morgan fingerprint density at radius 2 is 2.29 bits per heavy atom. The monoisotopic (exact) mass is 331 g/mol. The number of carbonyl (C=O) groups excluding carboxylic acids is 1. The molecule has 0 bridgehead atoms. The Bertz CT molecular complexity index is 689. The van der Waals surface area contributed by atoms with Crippen molar-refractivity contribution in [2.75, 3.05) is 13.2 Å². The summed E-state index contributed by atoms with van der Waals surface area (Å²) >= 11 is 0. The Kier molecular flexibility index (Phi) is 5.04. The number of furan rings is 1. The SMILES string of the molecule is Cc1occc1C(=O)N1Cc2ccnn2CC[C@H]1COCC(C)C. The average molecular weight is 331 g/mol. The largest absolute Gasteiger partial charge is 0.469 e. The first-order chi connectivity index (χ1) is 11.6. The highest BCUT2D eigenvalue weighted by Crippen LogP contribution is 2.22. The zero-order chi connectivity index (χ0) is 17.1. The van der Waals surface area contributed by atoms with Crippen molar-refractivity contribution in [3.05, 3.63) is 41.6 Å². The summed E-state index contributed by atoms with van der Waals surface area (Å²) in [5.74, 6) is 1.13. The van der Waals surface area contributed by atoms with Gasteiger partial charge in [-0.1, -0.05) is 13.8 Å². The number of hydrogen-bond donors (Lipinski definition) is 0. The molecule has 6 nitrogen and oxygen atoms in total. The number of rotatable bonds is 5. The molecule has 0 fully saturated rings. The summed E-state index contributed by atoms with van der Waals surface area (Å²) in [7, 11) is 0. The minimum Gasteiger partial charge on any atom is -0.469 e. The second-order valence-electron chi connectivity index (χ2n) is 6.74. The molecule has 0 spiro atoms. The molecule has 0 unspecified atom stereocenters. The van der Waals surface area contributed by atoms with Crippen LogP contribution in [0, 0.1) is 12.8 Å². The van der Waals surface area contributed by atoms with Crippen LogP contribution >= 0.6 is 0 Å². The van der Waals surface area contributed by atoms with E-state index in [1.54, 1.807) is 18.5 Å². The van der Waals surface area contributed by atoms with Gasteiger partial charge in [0.25, 0.3) is 5.91 Å². The molecule has 0 aliphatic carbocycles. The van der Waals surface area contributed by atoms with Gasteiger partial charge in [-0.2, -0.15) is 5.10 Å². The summed E-state index contributed by atoms with van der Waals surface area (Å²) in [6, 6.07) is 3.75. The van der Waals surface area contributed by atoms with Crippen LogP contribution in [0.15, 0.2) is 29.0 Å². The zero-order valence-corrected chi connectivity index (χ0v) is 14.6. The highest BCUT2D eigenvalue weighted by atomic mass is 16.5. The number of amides is 1. The van der Waals surface area contributed by atoms with Gasteiger partial charge >= 0.3 is 0 Å². The second kappa shape index (κ2) is 7.21. The maximum atomic E-state index is 13.1. The highest BCUT2D eigenvalue weighted by molar-refractivity contribution is 5.95. The first-order valence-corrected chi connectivity index (χ1v) is 8.49. The van der Waals surface area contributed by atoms with Gasteiger partial charge < -0.3 is 14.1 Å². The third kappa shape index (κ3) is 3.53. The molecule has 0 saturated carbocycles. The minimum atomic E-state index is -0.00551. The van der Waals surface area contributed by atoms with Gasteiger partial charge in [-0.05, 0) is 31.4 Å². The number of carbonyl (C=O) groups is 1. The van der Waals surface area contributed by atoms with E-state index in [1.165, 1.54) is 0 Å². The fourth-order valence-corrected chi connectivity index (χ4v) is 3.04. The van der Waals surface area contributed by atoms with E-state index in [-0.39, 0.29) is 11.9 Å². The molecule has 0 radical (unpaired) electrons. The van der Waals surface area contributed by atoms with Gasteiger partial charge in [0.2, 0.25) is 0 Å². The van der Waals surface area contributed by atoms with Crippen molar-refractivity contribution in [3.8, 4) is 0 Å². The highest BCUT2D eigenvalue weighted by Gasteiger charge is 2.30. The summed E-state index contributed by atoms with van der Waals surface area (Å²) in [6.07, 6.45) is 4.18. The fraction of sp³-hybridized carbons (Fsp3) is 0.556. The van der Waals surface area contributed by atoms with E-state index < -0.39 is 0 Å². The second-order valence-corrected chi connectivity index (χ2v) is 6.74. The van der Waals surface area contributed by atoms with Gasteiger partial charge in [0.1, 0.15) is 5.76 Å². The maximum absolute atomic E-state index is 13.1. The van der Waals surface area contributed by atoms with Crippen LogP contribution < -0.4 is 0 Å². The molecule has 6 heteroatoms. The van der Waals surface area contributed by atoms with Gasteiger partial charge in [-0.3, -0.25) is 9.48 Å². The summed E-state index contributed by atoms with van der Waals surface area (Å²) in [5.41, 5.74) is 1.67. The van der Waals surface area contributed by atoms with Crippen LogP contribution in [0.25, 0.3) is 0 Å². The Labute approximate surface area is 142 Å². The lowest BCUT2D eigenvalue weighted by Gasteiger charge is -2.29. The van der Waals surface area contributed by atoms with E-state index >= 15 is 0 Å². The van der Waals surface area contributed by atoms with Crippen molar-refractivity contribution in [1.82, 2.24) is 14.7 Å². The Balaban J connectivity index is 1.81. The van der Waals surface area contributed by atoms with Crippen molar-refractivity contribution in [1.29, 1.82) is 0 Å². The molecule has 0 aromatic carbocycles. The molecule has 1 atom stereocenters. The molecule has 2 aromatic heterocycles. The molecule has 0 saturated heterocycles. The van der Waals surface area contributed by atoms with Crippen molar-refractivity contribution in [2.45, 2.75) is 46.3 Å². The first kappa shape index (κ1) is 16.8. The number of aromatic nitrogens is 2. The topological polar surface area (TPSA) is 60.5 Å². The smallest absolute Gasteiger partial charge is 0.258 e. The lowest BCUT2D eigenvalue weighted by Crippen LogP contribution is -2.42. The van der Waals surface area contributed by atoms with E-state index in [1.807, 2.05) is 22.6 Å². The average Bonchev–Trinajstić information content (AvgIpc) is 3.13. The van der Waals surface area contributed by atoms with Gasteiger partial charge in [-0.25, -0.2) is 0 Å². The summed E-state index contributed by atoms with van der Waals surface area (Å²) in [6.45, 7) is 8.66. The van der Waals surface area contributed by atoms with Crippen LogP contribution in [0.1, 0.15) is 42.1 Å². The van der Waals surface area contributed by atoms with Gasteiger partial charge in [0, 0.05) is 19.3 Å². The molecular weight excluding hydrogens is 306 g/mol. The molecule has 2 aromatic rings. The van der Waals surface area contributed by atoms with Crippen LogP contribution in [-0.2, 0) is 17.8 Å². The molecule has 1 amide bonds. The van der Waals surface area contributed by atoms with Crippen LogP contribution in [0.5, 0.6) is 0 Å². The van der Waals surface area contributed by atoms with Crippen LogP contribution in [-0.4, -0.2) is 39.8 Å². The number of aryl methyl sites for hydroxylation is 2. The predicted octanol–water partition coefficient (Wildman–Crippen LogP) is 2.87.